The fourth-order valence-corrected chi connectivity index (χ4v) is 3.79. The van der Waals surface area contributed by atoms with Crippen LogP contribution in [0.2, 0.25) is 0 Å². The van der Waals surface area contributed by atoms with Gasteiger partial charge in [-0.1, -0.05) is 39.5 Å². The third-order valence-corrected chi connectivity index (χ3v) is 5.65. The van der Waals surface area contributed by atoms with Gasteiger partial charge in [0.15, 0.2) is 0 Å². The fourth-order valence-electron chi connectivity index (χ4n) is 2.65. The van der Waals surface area contributed by atoms with Gasteiger partial charge in [-0.3, -0.25) is 9.52 Å². The second-order valence-corrected chi connectivity index (χ2v) is 8.98. The molecule has 0 unspecified atom stereocenters. The first-order valence-corrected chi connectivity index (χ1v) is 10.9. The van der Waals surface area contributed by atoms with Gasteiger partial charge in [-0.25, -0.2) is 8.42 Å². The quantitative estimate of drug-likeness (QED) is 0.584. The zero-order valence-electron chi connectivity index (χ0n) is 17.6. The number of hydrogen-bond acceptors (Lipinski definition) is 3. The Bertz CT molecular complexity index is 850. The third-order valence-electron chi connectivity index (χ3n) is 4.27. The van der Waals surface area contributed by atoms with Crippen molar-refractivity contribution in [1.82, 2.24) is 9.62 Å². The van der Waals surface area contributed by atoms with Gasteiger partial charge in [0.25, 0.3) is 15.9 Å². The van der Waals surface area contributed by atoms with E-state index in [1.807, 2.05) is 6.92 Å². The molecule has 0 fully saturated rings. The van der Waals surface area contributed by atoms with E-state index >= 15 is 0 Å². The highest BCUT2D eigenvalue weighted by atomic mass is 32.2. The molecule has 5 nitrogen and oxygen atoms in total. The monoisotopic (exact) mass is 404 g/mol. The Morgan fingerprint density at radius 3 is 2.21 bits per heavy atom. The van der Waals surface area contributed by atoms with Gasteiger partial charge in [0, 0.05) is 18.7 Å². The van der Waals surface area contributed by atoms with Gasteiger partial charge in [0.05, 0.1) is 10.6 Å². The number of benzene rings is 1. The van der Waals surface area contributed by atoms with Crippen LogP contribution in [-0.2, 0) is 10.0 Å². The first-order valence-electron chi connectivity index (χ1n) is 9.44. The molecule has 1 N–H and O–H groups in total. The molecule has 0 aromatic heterocycles. The molecule has 1 aromatic carbocycles. The molecule has 0 saturated carbocycles. The second kappa shape index (κ2) is 10.3. The van der Waals surface area contributed by atoms with E-state index in [9.17, 15) is 13.2 Å². The molecule has 0 aliphatic rings. The lowest BCUT2D eigenvalue weighted by molar-refractivity contribution is 0.0736. The van der Waals surface area contributed by atoms with Crippen molar-refractivity contribution in [2.24, 2.45) is 5.92 Å². The van der Waals surface area contributed by atoms with Crippen molar-refractivity contribution in [1.29, 1.82) is 0 Å². The maximum atomic E-state index is 12.8. The van der Waals surface area contributed by atoms with Crippen molar-refractivity contribution < 1.29 is 13.2 Å². The largest absolute Gasteiger partial charge is 0.338 e. The van der Waals surface area contributed by atoms with Crippen LogP contribution in [0.3, 0.4) is 0 Å². The lowest BCUT2D eigenvalue weighted by atomic mass is 10.1. The SMILES string of the molecule is C=C/C(NS(=O)(=O)c1ccc(C(=O)N(CCC)CC(C)C)cc1)=C(/C)C(=C)C. The van der Waals surface area contributed by atoms with E-state index in [0.717, 1.165) is 12.0 Å². The summed E-state index contributed by atoms with van der Waals surface area (Å²) in [6, 6.07) is 6.02. The van der Waals surface area contributed by atoms with Crippen LogP contribution in [0, 0.1) is 5.92 Å². The molecule has 0 aliphatic carbocycles. The molecule has 0 atom stereocenters. The van der Waals surface area contributed by atoms with E-state index in [-0.39, 0.29) is 10.8 Å². The molecule has 6 heteroatoms. The third kappa shape index (κ3) is 6.37. The second-order valence-electron chi connectivity index (χ2n) is 7.30. The van der Waals surface area contributed by atoms with Gasteiger partial charge in [-0.15, -0.1) is 0 Å². The summed E-state index contributed by atoms with van der Waals surface area (Å²) in [5.74, 6) is 0.275. The highest BCUT2D eigenvalue weighted by molar-refractivity contribution is 7.89. The van der Waals surface area contributed by atoms with E-state index < -0.39 is 10.0 Å². The number of carbonyl (C=O) groups is 1. The Morgan fingerprint density at radius 1 is 1.21 bits per heavy atom. The lowest BCUT2D eigenvalue weighted by Gasteiger charge is -2.24. The number of allylic oxidation sites excluding steroid dienone is 3. The van der Waals surface area contributed by atoms with Crippen molar-refractivity contribution in [3.63, 3.8) is 0 Å². The number of rotatable bonds is 10. The van der Waals surface area contributed by atoms with Crippen molar-refractivity contribution in [2.45, 2.75) is 45.9 Å². The Hall–Kier alpha value is -2.34. The van der Waals surface area contributed by atoms with Crippen LogP contribution in [0.4, 0.5) is 0 Å². The van der Waals surface area contributed by atoms with Crippen LogP contribution in [0.25, 0.3) is 0 Å². The zero-order chi connectivity index (χ0) is 21.5. The Kier molecular flexibility index (Phi) is 8.69. The average molecular weight is 405 g/mol. The van der Waals surface area contributed by atoms with Crippen LogP contribution < -0.4 is 4.72 Å². The minimum Gasteiger partial charge on any atom is -0.338 e. The van der Waals surface area contributed by atoms with Gasteiger partial charge in [0.2, 0.25) is 0 Å². The van der Waals surface area contributed by atoms with Crippen molar-refractivity contribution in [3.8, 4) is 0 Å². The minimum atomic E-state index is -3.79. The maximum absolute atomic E-state index is 12.8. The minimum absolute atomic E-state index is 0.0859. The molecular weight excluding hydrogens is 372 g/mol. The van der Waals surface area contributed by atoms with E-state index in [0.29, 0.717) is 35.8 Å². The summed E-state index contributed by atoms with van der Waals surface area (Å²) in [5.41, 5.74) is 2.33. The molecule has 0 radical (unpaired) electrons. The number of carbonyl (C=O) groups excluding carboxylic acids is 1. The molecule has 1 rings (SSSR count). The van der Waals surface area contributed by atoms with Gasteiger partial charge in [0.1, 0.15) is 0 Å². The van der Waals surface area contributed by atoms with Crippen molar-refractivity contribution in [3.05, 3.63) is 65.9 Å². The summed E-state index contributed by atoms with van der Waals surface area (Å²) >= 11 is 0. The first-order chi connectivity index (χ1) is 13.0. The van der Waals surface area contributed by atoms with Crippen LogP contribution in [0.5, 0.6) is 0 Å². The van der Waals surface area contributed by atoms with Gasteiger partial charge in [-0.2, -0.15) is 0 Å². The average Bonchev–Trinajstić information content (AvgIpc) is 2.64. The molecular formula is C22H32N2O3S. The number of nitrogens with one attached hydrogen (secondary N) is 1. The summed E-state index contributed by atoms with van der Waals surface area (Å²) in [4.78, 5) is 14.6. The predicted molar refractivity (Wildman–Crippen MR) is 116 cm³/mol. The number of hydrogen-bond donors (Lipinski definition) is 1. The number of sulfonamides is 1. The maximum Gasteiger partial charge on any atom is 0.261 e. The zero-order valence-corrected chi connectivity index (χ0v) is 18.4. The molecule has 0 saturated heterocycles. The molecule has 0 heterocycles. The number of nitrogens with zero attached hydrogens (tertiary/aromatic N) is 1. The first kappa shape index (κ1) is 23.7. The van der Waals surface area contributed by atoms with Crippen LogP contribution in [-0.4, -0.2) is 32.3 Å². The van der Waals surface area contributed by atoms with E-state index in [1.54, 1.807) is 30.9 Å². The van der Waals surface area contributed by atoms with E-state index in [2.05, 4.69) is 31.7 Å². The summed E-state index contributed by atoms with van der Waals surface area (Å²) in [6.07, 6.45) is 2.32. The topological polar surface area (TPSA) is 66.5 Å². The molecule has 154 valence electrons. The van der Waals surface area contributed by atoms with Crippen LogP contribution in [0.15, 0.2) is 65.2 Å². The van der Waals surface area contributed by atoms with Crippen molar-refractivity contribution >= 4 is 15.9 Å². The highest BCUT2D eigenvalue weighted by Gasteiger charge is 2.19. The predicted octanol–water partition coefficient (Wildman–Crippen LogP) is 4.51. The van der Waals surface area contributed by atoms with E-state index in [1.165, 1.54) is 18.2 Å². The number of amides is 1. The lowest BCUT2D eigenvalue weighted by Crippen LogP contribution is -2.34. The molecule has 0 spiro atoms. The standard InChI is InChI=1S/C22H32N2O3S/c1-8-14-24(15-16(3)4)22(25)19-10-12-20(13-11-19)28(26,27)23-21(9-2)18(7)17(5)6/h9-13,16,23H,2,5,8,14-15H2,1,3-4,6-7H3/b21-18+. The summed E-state index contributed by atoms with van der Waals surface area (Å²) in [5, 5.41) is 0. The smallest absolute Gasteiger partial charge is 0.261 e. The van der Waals surface area contributed by atoms with Crippen molar-refractivity contribution in [2.75, 3.05) is 13.1 Å². The summed E-state index contributed by atoms with van der Waals surface area (Å²) < 4.78 is 27.9. The molecule has 1 amide bonds. The Labute approximate surface area is 169 Å². The van der Waals surface area contributed by atoms with Gasteiger partial charge < -0.3 is 4.90 Å². The van der Waals surface area contributed by atoms with Crippen LogP contribution in [0.1, 0.15) is 51.4 Å². The van der Waals surface area contributed by atoms with E-state index in [4.69, 9.17) is 0 Å². The van der Waals surface area contributed by atoms with Gasteiger partial charge in [-0.05, 0) is 62.1 Å². The van der Waals surface area contributed by atoms with Crippen LogP contribution >= 0.6 is 0 Å². The highest BCUT2D eigenvalue weighted by Crippen LogP contribution is 2.17. The molecule has 1 aromatic rings. The molecule has 28 heavy (non-hydrogen) atoms. The fraction of sp³-hybridized carbons (Fsp3) is 0.409. The normalized spacial score (nSPS) is 12.4. The van der Waals surface area contributed by atoms with Gasteiger partial charge >= 0.3 is 0 Å². The Balaban J connectivity index is 3.11. The molecule has 0 aliphatic heterocycles. The summed E-state index contributed by atoms with van der Waals surface area (Å²) in [6.45, 7) is 18.6. The Morgan fingerprint density at radius 2 is 1.79 bits per heavy atom. The molecule has 0 bridgehead atoms. The summed E-state index contributed by atoms with van der Waals surface area (Å²) in [7, 11) is -3.79.